The highest BCUT2D eigenvalue weighted by Crippen LogP contribution is 2.40. The first-order valence-electron chi connectivity index (χ1n) is 10.6. The van der Waals surface area contributed by atoms with Crippen molar-refractivity contribution in [3.05, 3.63) is 80.5 Å². The van der Waals surface area contributed by atoms with Crippen LogP contribution in [0.3, 0.4) is 0 Å². The predicted molar refractivity (Wildman–Crippen MR) is 129 cm³/mol. The van der Waals surface area contributed by atoms with Crippen molar-refractivity contribution >= 4 is 44.9 Å². The van der Waals surface area contributed by atoms with Gasteiger partial charge in [0.25, 0.3) is 0 Å². The van der Waals surface area contributed by atoms with Crippen LogP contribution in [0, 0.1) is 6.92 Å². The van der Waals surface area contributed by atoms with Crippen LogP contribution in [-0.4, -0.2) is 13.1 Å². The van der Waals surface area contributed by atoms with Gasteiger partial charge in [-0.3, -0.25) is 0 Å². The number of carbonyl (C=O) groups is 1. The zero-order valence-electron chi connectivity index (χ0n) is 17.9. The Hall–Kier alpha value is -2.89. The quantitative estimate of drug-likeness (QED) is 0.307. The maximum atomic E-state index is 12.7. The fourth-order valence-corrected chi connectivity index (χ4v) is 5.57. The van der Waals surface area contributed by atoms with Crippen molar-refractivity contribution in [1.82, 2.24) is 0 Å². The van der Waals surface area contributed by atoms with Crippen LogP contribution >= 0.6 is 22.9 Å². The van der Waals surface area contributed by atoms with E-state index in [2.05, 4.69) is 6.07 Å². The number of thiophene rings is 1. The van der Waals surface area contributed by atoms with Crippen LogP contribution in [-0.2, 0) is 17.6 Å². The van der Waals surface area contributed by atoms with Crippen molar-refractivity contribution in [2.24, 2.45) is 4.99 Å². The molecule has 0 atom stereocenters. The Morgan fingerprint density at radius 3 is 2.66 bits per heavy atom. The van der Waals surface area contributed by atoms with E-state index < -0.39 is 0 Å². The molecule has 6 heteroatoms. The van der Waals surface area contributed by atoms with Gasteiger partial charge in [-0.2, -0.15) is 0 Å². The van der Waals surface area contributed by atoms with Crippen LogP contribution in [0.15, 0.2) is 57.9 Å². The molecule has 0 fully saturated rings. The van der Waals surface area contributed by atoms with Crippen LogP contribution < -0.4 is 5.36 Å². The summed E-state index contributed by atoms with van der Waals surface area (Å²) >= 11 is 7.67. The molecule has 0 amide bonds. The van der Waals surface area contributed by atoms with Gasteiger partial charge in [0, 0.05) is 26.9 Å². The van der Waals surface area contributed by atoms with E-state index in [4.69, 9.17) is 25.7 Å². The Bertz CT molecular complexity index is 1400. The molecule has 0 bridgehead atoms. The summed E-state index contributed by atoms with van der Waals surface area (Å²) < 4.78 is 11.3. The monoisotopic (exact) mass is 463 g/mol. The molecule has 2 heterocycles. The van der Waals surface area contributed by atoms with Crippen molar-refractivity contribution in [2.75, 3.05) is 7.11 Å². The Labute approximate surface area is 195 Å². The SMILES string of the molecule is COC(=O)c1c(N=c2cc(-c3ccc(Cl)cc3)oc3ccc(C)cc23)sc2c1CCCC2. The number of halogens is 1. The van der Waals surface area contributed by atoms with Gasteiger partial charge in [-0.15, -0.1) is 11.3 Å². The largest absolute Gasteiger partial charge is 0.465 e. The normalized spacial score (nSPS) is 13.9. The van der Waals surface area contributed by atoms with Gasteiger partial charge in [0.15, 0.2) is 0 Å². The third-order valence-electron chi connectivity index (χ3n) is 5.79. The van der Waals surface area contributed by atoms with Gasteiger partial charge in [-0.1, -0.05) is 23.2 Å². The van der Waals surface area contributed by atoms with Gasteiger partial charge in [0.1, 0.15) is 16.3 Å². The molecule has 162 valence electrons. The number of rotatable bonds is 3. The Morgan fingerprint density at radius 2 is 1.88 bits per heavy atom. The average Bonchev–Trinajstić information content (AvgIpc) is 3.17. The van der Waals surface area contributed by atoms with Crippen LogP contribution in [0.2, 0.25) is 5.02 Å². The lowest BCUT2D eigenvalue weighted by atomic mass is 9.95. The number of esters is 1. The van der Waals surface area contributed by atoms with Crippen molar-refractivity contribution in [3.8, 4) is 11.3 Å². The lowest BCUT2D eigenvalue weighted by Gasteiger charge is -2.11. The second kappa shape index (κ2) is 8.57. The Kier molecular flexibility index (Phi) is 5.62. The van der Waals surface area contributed by atoms with Gasteiger partial charge < -0.3 is 9.15 Å². The summed E-state index contributed by atoms with van der Waals surface area (Å²) in [5, 5.41) is 3.05. The van der Waals surface area contributed by atoms with Crippen molar-refractivity contribution in [3.63, 3.8) is 0 Å². The fourth-order valence-electron chi connectivity index (χ4n) is 4.18. The Balaban J connectivity index is 1.78. The maximum Gasteiger partial charge on any atom is 0.341 e. The first-order chi connectivity index (χ1) is 15.5. The molecular weight excluding hydrogens is 442 g/mol. The van der Waals surface area contributed by atoms with E-state index in [9.17, 15) is 4.79 Å². The van der Waals surface area contributed by atoms with E-state index in [0.717, 1.165) is 58.7 Å². The highest BCUT2D eigenvalue weighted by atomic mass is 35.5. The molecule has 0 N–H and O–H groups in total. The zero-order valence-corrected chi connectivity index (χ0v) is 19.5. The first kappa shape index (κ1) is 21.0. The topological polar surface area (TPSA) is 51.8 Å². The third-order valence-corrected chi connectivity index (χ3v) is 7.23. The highest BCUT2D eigenvalue weighted by molar-refractivity contribution is 7.16. The minimum absolute atomic E-state index is 0.317. The summed E-state index contributed by atoms with van der Waals surface area (Å²) in [7, 11) is 1.43. The summed E-state index contributed by atoms with van der Waals surface area (Å²) in [5.74, 6) is 0.375. The highest BCUT2D eigenvalue weighted by Gasteiger charge is 2.26. The van der Waals surface area contributed by atoms with Gasteiger partial charge in [0.2, 0.25) is 0 Å². The van der Waals surface area contributed by atoms with E-state index in [0.29, 0.717) is 21.3 Å². The number of methoxy groups -OCH3 is 1. The summed E-state index contributed by atoms with van der Waals surface area (Å²) in [6, 6.07) is 15.5. The second-order valence-corrected chi connectivity index (χ2v) is 9.52. The molecule has 0 unspecified atom stereocenters. The number of hydrogen-bond donors (Lipinski definition) is 0. The summed E-state index contributed by atoms with van der Waals surface area (Å²) in [4.78, 5) is 19.0. The molecule has 2 aromatic heterocycles. The van der Waals surface area contributed by atoms with Crippen LogP contribution in [0.5, 0.6) is 0 Å². The maximum absolute atomic E-state index is 12.7. The minimum atomic E-state index is -0.317. The molecule has 4 aromatic rings. The molecule has 0 saturated heterocycles. The molecule has 1 aliphatic carbocycles. The number of carbonyl (C=O) groups excluding carboxylic acids is 1. The third kappa shape index (κ3) is 3.87. The number of aryl methyl sites for hydroxylation is 2. The van der Waals surface area contributed by atoms with E-state index in [1.165, 1.54) is 12.0 Å². The molecule has 0 aliphatic heterocycles. The molecular formula is C26H22ClNO3S. The number of ether oxygens (including phenoxy) is 1. The lowest BCUT2D eigenvalue weighted by molar-refractivity contribution is 0.0600. The van der Waals surface area contributed by atoms with Gasteiger partial charge in [-0.25, -0.2) is 9.79 Å². The number of nitrogens with zero attached hydrogens (tertiary/aromatic N) is 1. The molecule has 0 spiro atoms. The number of benzene rings is 2. The summed E-state index contributed by atoms with van der Waals surface area (Å²) in [6.07, 6.45) is 4.10. The molecule has 2 aromatic carbocycles. The minimum Gasteiger partial charge on any atom is -0.465 e. The molecule has 0 saturated carbocycles. The molecule has 5 rings (SSSR count). The molecule has 4 nitrogen and oxygen atoms in total. The molecule has 32 heavy (non-hydrogen) atoms. The standard InChI is InChI=1S/C26H22ClNO3S/c1-15-7-12-21-19(13-15)20(14-22(31-21)16-8-10-17(27)11-9-16)28-25-24(26(29)30-2)18-5-3-4-6-23(18)32-25/h7-14H,3-6H2,1-2H3. The molecule has 0 radical (unpaired) electrons. The summed E-state index contributed by atoms with van der Waals surface area (Å²) in [5.41, 5.74) is 4.48. The van der Waals surface area contributed by atoms with E-state index in [1.54, 1.807) is 11.3 Å². The van der Waals surface area contributed by atoms with Crippen LogP contribution in [0.4, 0.5) is 5.00 Å². The van der Waals surface area contributed by atoms with E-state index in [1.807, 2.05) is 49.4 Å². The zero-order chi connectivity index (χ0) is 22.2. The predicted octanol–water partition coefficient (Wildman–Crippen LogP) is 7.02. The van der Waals surface area contributed by atoms with E-state index in [-0.39, 0.29) is 5.97 Å². The van der Waals surface area contributed by atoms with Gasteiger partial charge in [-0.05, 0) is 74.6 Å². The van der Waals surface area contributed by atoms with E-state index >= 15 is 0 Å². The van der Waals surface area contributed by atoms with Crippen molar-refractivity contribution in [2.45, 2.75) is 32.6 Å². The van der Waals surface area contributed by atoms with Gasteiger partial charge >= 0.3 is 5.97 Å². The second-order valence-electron chi connectivity index (χ2n) is 8.00. The Morgan fingerprint density at radius 1 is 1.09 bits per heavy atom. The average molecular weight is 464 g/mol. The smallest absolute Gasteiger partial charge is 0.341 e. The fraction of sp³-hybridized carbons (Fsp3) is 0.231. The lowest BCUT2D eigenvalue weighted by Crippen LogP contribution is -2.08. The number of fused-ring (bicyclic) bond motifs is 2. The van der Waals surface area contributed by atoms with Gasteiger partial charge in [0.05, 0.1) is 18.0 Å². The number of hydrogen-bond acceptors (Lipinski definition) is 5. The first-order valence-corrected chi connectivity index (χ1v) is 11.8. The summed E-state index contributed by atoms with van der Waals surface area (Å²) in [6.45, 7) is 2.04. The van der Waals surface area contributed by atoms with Crippen LogP contribution in [0.1, 0.15) is 39.2 Å². The molecule has 1 aliphatic rings. The van der Waals surface area contributed by atoms with Crippen LogP contribution in [0.25, 0.3) is 22.3 Å². The van der Waals surface area contributed by atoms with Crippen molar-refractivity contribution < 1.29 is 13.9 Å². The van der Waals surface area contributed by atoms with Crippen molar-refractivity contribution in [1.29, 1.82) is 0 Å².